The van der Waals surface area contributed by atoms with Crippen LogP contribution in [0.5, 0.6) is 5.75 Å². The molecule has 0 saturated carbocycles. The first-order chi connectivity index (χ1) is 13.2. The topological polar surface area (TPSA) is 58.0 Å². The van der Waals surface area contributed by atoms with Crippen molar-refractivity contribution in [1.82, 2.24) is 4.90 Å². The minimum absolute atomic E-state index is 0.159. The maximum Gasteiger partial charge on any atom is 0.249 e. The van der Waals surface area contributed by atoms with Gasteiger partial charge in [-0.15, -0.1) is 0 Å². The number of nitrogens with zero attached hydrogens (tertiary/aromatic N) is 2. The molecular weight excluding hydrogens is 352 g/mol. The summed E-state index contributed by atoms with van der Waals surface area (Å²) in [6, 6.07) is 12.8. The van der Waals surface area contributed by atoms with Crippen LogP contribution in [0.25, 0.3) is 4.85 Å². The molecule has 0 heterocycles. The number of aryl methyl sites for hydroxylation is 1. The summed E-state index contributed by atoms with van der Waals surface area (Å²) in [5.74, 6) is 0.638. The highest BCUT2D eigenvalue weighted by molar-refractivity contribution is 5.99. The lowest BCUT2D eigenvalue weighted by Gasteiger charge is -2.26. The second kappa shape index (κ2) is 9.25. The van der Waals surface area contributed by atoms with E-state index >= 15 is 0 Å². The third-order valence-corrected chi connectivity index (χ3v) is 4.26. The molecule has 2 aromatic rings. The Hall–Kier alpha value is -3.04. The molecule has 2 aromatic carbocycles. The highest BCUT2D eigenvalue weighted by Gasteiger charge is 2.27. The zero-order valence-electron chi connectivity index (χ0n) is 17.2. The molecule has 6 nitrogen and oxygen atoms in total. The molecule has 6 heteroatoms. The number of carbonyl (C=O) groups is 1. The Morgan fingerprint density at radius 3 is 2.36 bits per heavy atom. The van der Waals surface area contributed by atoms with Gasteiger partial charge in [0.25, 0.3) is 0 Å². The molecule has 0 radical (unpaired) electrons. The molecule has 0 aliphatic rings. The van der Waals surface area contributed by atoms with E-state index in [1.807, 2.05) is 59.1 Å². The number of hydrogen-bond acceptors (Lipinski definition) is 4. The molecule has 148 valence electrons. The van der Waals surface area contributed by atoms with Crippen molar-refractivity contribution in [3.63, 3.8) is 0 Å². The number of carbonyl (C=O) groups excluding carboxylic acids is 1. The van der Waals surface area contributed by atoms with E-state index in [0.29, 0.717) is 18.0 Å². The van der Waals surface area contributed by atoms with Crippen LogP contribution in [0, 0.1) is 13.5 Å². The standard InChI is InChI=1S/C22H28N4O2/c1-16-15-18(9-12-20(16)23-4)24-21(27)22(2,3)25-17-7-10-19(11-8-17)28-14-13-26(5)6/h7-12,15,25H,13-14H2,1-3,5-6H3,(H,24,27). The summed E-state index contributed by atoms with van der Waals surface area (Å²) >= 11 is 0. The zero-order valence-corrected chi connectivity index (χ0v) is 17.2. The SMILES string of the molecule is [C-]#[N+]c1ccc(NC(=O)C(C)(C)Nc2ccc(OCCN(C)C)cc2)cc1C. The first-order valence-corrected chi connectivity index (χ1v) is 9.16. The lowest BCUT2D eigenvalue weighted by Crippen LogP contribution is -2.44. The molecule has 0 spiro atoms. The van der Waals surface area contributed by atoms with E-state index < -0.39 is 5.54 Å². The summed E-state index contributed by atoms with van der Waals surface area (Å²) in [5.41, 5.74) is 2.11. The van der Waals surface area contributed by atoms with E-state index in [1.54, 1.807) is 18.2 Å². The Morgan fingerprint density at radius 1 is 1.14 bits per heavy atom. The van der Waals surface area contributed by atoms with Crippen LogP contribution >= 0.6 is 0 Å². The largest absolute Gasteiger partial charge is 0.492 e. The normalized spacial score (nSPS) is 11.0. The third kappa shape index (κ3) is 6.00. The quantitative estimate of drug-likeness (QED) is 0.670. The van der Waals surface area contributed by atoms with Gasteiger partial charge in [-0.3, -0.25) is 4.79 Å². The molecule has 0 aliphatic heterocycles. The maximum atomic E-state index is 12.7. The average molecular weight is 380 g/mol. The van der Waals surface area contributed by atoms with Gasteiger partial charge >= 0.3 is 0 Å². The van der Waals surface area contributed by atoms with Gasteiger partial charge in [-0.1, -0.05) is 6.07 Å². The van der Waals surface area contributed by atoms with Crippen molar-refractivity contribution in [2.75, 3.05) is 37.9 Å². The molecule has 0 atom stereocenters. The van der Waals surface area contributed by atoms with Crippen molar-refractivity contribution < 1.29 is 9.53 Å². The predicted molar refractivity (Wildman–Crippen MR) is 114 cm³/mol. The monoisotopic (exact) mass is 380 g/mol. The summed E-state index contributed by atoms with van der Waals surface area (Å²) in [4.78, 5) is 18.2. The number of ether oxygens (including phenoxy) is 1. The van der Waals surface area contributed by atoms with Crippen LogP contribution < -0.4 is 15.4 Å². The van der Waals surface area contributed by atoms with Crippen LogP contribution in [0.1, 0.15) is 19.4 Å². The summed E-state index contributed by atoms with van der Waals surface area (Å²) in [6.07, 6.45) is 0. The predicted octanol–water partition coefficient (Wildman–Crippen LogP) is 4.32. The molecule has 28 heavy (non-hydrogen) atoms. The van der Waals surface area contributed by atoms with Gasteiger partial charge in [0, 0.05) is 17.9 Å². The summed E-state index contributed by atoms with van der Waals surface area (Å²) < 4.78 is 5.69. The van der Waals surface area contributed by atoms with Crippen molar-refractivity contribution >= 4 is 23.0 Å². The zero-order chi connectivity index (χ0) is 20.7. The molecule has 0 aromatic heterocycles. The fourth-order valence-corrected chi connectivity index (χ4v) is 2.54. The fourth-order valence-electron chi connectivity index (χ4n) is 2.54. The highest BCUT2D eigenvalue weighted by atomic mass is 16.5. The van der Waals surface area contributed by atoms with Gasteiger partial charge in [0.2, 0.25) is 5.91 Å². The summed E-state index contributed by atoms with van der Waals surface area (Å²) in [6.45, 7) is 14.1. The van der Waals surface area contributed by atoms with E-state index in [2.05, 4.69) is 20.4 Å². The lowest BCUT2D eigenvalue weighted by molar-refractivity contribution is -0.119. The molecule has 2 N–H and O–H groups in total. The number of anilines is 2. The van der Waals surface area contributed by atoms with E-state index in [4.69, 9.17) is 11.3 Å². The molecule has 0 aliphatic carbocycles. The Kier molecular flexibility index (Phi) is 7.02. The van der Waals surface area contributed by atoms with Crippen molar-refractivity contribution in [3.8, 4) is 5.75 Å². The van der Waals surface area contributed by atoms with Crippen LogP contribution in [0.3, 0.4) is 0 Å². The van der Waals surface area contributed by atoms with E-state index in [9.17, 15) is 4.79 Å². The van der Waals surface area contributed by atoms with Crippen LogP contribution in [0.15, 0.2) is 42.5 Å². The van der Waals surface area contributed by atoms with Crippen molar-refractivity contribution in [3.05, 3.63) is 59.4 Å². The average Bonchev–Trinajstić information content (AvgIpc) is 2.63. The first kappa shape index (κ1) is 21.3. The number of nitrogens with one attached hydrogen (secondary N) is 2. The smallest absolute Gasteiger partial charge is 0.249 e. The van der Waals surface area contributed by atoms with Crippen LogP contribution in [-0.2, 0) is 4.79 Å². The number of benzene rings is 2. The van der Waals surface area contributed by atoms with Gasteiger partial charge in [0.05, 0.1) is 6.57 Å². The van der Waals surface area contributed by atoms with Gasteiger partial charge in [-0.05, 0) is 76.8 Å². The van der Waals surface area contributed by atoms with Gasteiger partial charge in [0.15, 0.2) is 5.69 Å². The molecule has 0 saturated heterocycles. The first-order valence-electron chi connectivity index (χ1n) is 9.16. The molecule has 0 bridgehead atoms. The fraction of sp³-hybridized carbons (Fsp3) is 0.364. The molecule has 2 rings (SSSR count). The van der Waals surface area contributed by atoms with Gasteiger partial charge < -0.3 is 20.3 Å². The van der Waals surface area contributed by atoms with Gasteiger partial charge in [0.1, 0.15) is 17.9 Å². The highest BCUT2D eigenvalue weighted by Crippen LogP contribution is 2.24. The molecule has 0 unspecified atom stereocenters. The van der Waals surface area contributed by atoms with Crippen molar-refractivity contribution in [2.24, 2.45) is 0 Å². The Balaban J connectivity index is 1.97. The lowest BCUT2D eigenvalue weighted by atomic mass is 10.0. The van der Waals surface area contributed by atoms with Gasteiger partial charge in [-0.25, -0.2) is 4.85 Å². The minimum Gasteiger partial charge on any atom is -0.492 e. The molecular formula is C22H28N4O2. The number of amides is 1. The third-order valence-electron chi connectivity index (χ3n) is 4.26. The van der Waals surface area contributed by atoms with E-state index in [-0.39, 0.29) is 5.91 Å². The minimum atomic E-state index is -0.820. The second-order valence-electron chi connectivity index (χ2n) is 7.49. The van der Waals surface area contributed by atoms with E-state index in [1.165, 1.54) is 0 Å². The number of hydrogen-bond donors (Lipinski definition) is 2. The van der Waals surface area contributed by atoms with Crippen molar-refractivity contribution in [1.29, 1.82) is 0 Å². The Morgan fingerprint density at radius 2 is 1.79 bits per heavy atom. The van der Waals surface area contributed by atoms with Crippen LogP contribution in [0.4, 0.5) is 17.1 Å². The Labute approximate surface area is 167 Å². The summed E-state index contributed by atoms with van der Waals surface area (Å²) in [7, 11) is 4.01. The molecule has 1 amide bonds. The Bertz CT molecular complexity index is 852. The van der Waals surface area contributed by atoms with Gasteiger partial charge in [-0.2, -0.15) is 0 Å². The maximum absolute atomic E-state index is 12.7. The second-order valence-corrected chi connectivity index (χ2v) is 7.49. The number of rotatable bonds is 8. The molecule has 0 fully saturated rings. The van der Waals surface area contributed by atoms with Crippen molar-refractivity contribution in [2.45, 2.75) is 26.3 Å². The number of likely N-dealkylation sites (N-methyl/N-ethyl adjacent to an activating group) is 1. The van der Waals surface area contributed by atoms with E-state index in [0.717, 1.165) is 23.5 Å². The van der Waals surface area contributed by atoms with Crippen LogP contribution in [-0.4, -0.2) is 43.6 Å². The van der Waals surface area contributed by atoms with Crippen LogP contribution in [0.2, 0.25) is 0 Å². The summed E-state index contributed by atoms with van der Waals surface area (Å²) in [5, 5.41) is 6.16.